The first-order valence-electron chi connectivity index (χ1n) is 15.8. The number of hydrogen-bond donors (Lipinski definition) is 0. The van der Waals surface area contributed by atoms with Gasteiger partial charge in [0.15, 0.2) is 17.5 Å². The molecule has 0 N–H and O–H groups in total. The largest absolute Gasteiger partial charge is 0.494 e. The van der Waals surface area contributed by atoms with Crippen LogP contribution in [-0.2, 0) is 9.31 Å². The molecule has 1 aliphatic rings. The van der Waals surface area contributed by atoms with Crippen LogP contribution >= 0.6 is 0 Å². The van der Waals surface area contributed by atoms with Gasteiger partial charge in [0, 0.05) is 21.9 Å². The molecule has 47 heavy (non-hydrogen) atoms. The van der Waals surface area contributed by atoms with Crippen LogP contribution in [0.3, 0.4) is 0 Å². The van der Waals surface area contributed by atoms with Crippen molar-refractivity contribution in [2.75, 3.05) is 0 Å². The van der Waals surface area contributed by atoms with Crippen molar-refractivity contribution in [1.82, 2.24) is 15.0 Å². The van der Waals surface area contributed by atoms with Gasteiger partial charge in [-0.25, -0.2) is 15.0 Å². The van der Waals surface area contributed by atoms with Crippen LogP contribution in [0.15, 0.2) is 126 Å². The van der Waals surface area contributed by atoms with E-state index in [4.69, 9.17) is 28.7 Å². The fraction of sp³-hybridized carbons (Fsp3) is 0.175. The molecule has 7 heteroatoms. The summed E-state index contributed by atoms with van der Waals surface area (Å²) in [7, 11) is -0.495. The van der Waals surface area contributed by atoms with Crippen LogP contribution in [0.2, 0.25) is 0 Å². The number of hydrogen-bond acceptors (Lipinski definition) is 6. The zero-order valence-corrected chi connectivity index (χ0v) is 27.3. The fourth-order valence-electron chi connectivity index (χ4n) is 5.83. The summed E-state index contributed by atoms with van der Waals surface area (Å²) in [5.41, 5.74) is 6.30. The predicted octanol–water partition coefficient (Wildman–Crippen LogP) is 9.08. The highest BCUT2D eigenvalue weighted by Gasteiger charge is 2.51. The third-order valence-electron chi connectivity index (χ3n) is 9.08. The lowest BCUT2D eigenvalue weighted by molar-refractivity contribution is 0.00578. The molecule has 2 aromatic heterocycles. The summed E-state index contributed by atoms with van der Waals surface area (Å²) in [6, 6.07) is 32.3. The maximum atomic E-state index is 6.39. The van der Waals surface area contributed by atoms with Crippen molar-refractivity contribution in [2.45, 2.75) is 45.8 Å². The minimum Gasteiger partial charge on any atom is -0.456 e. The van der Waals surface area contributed by atoms with Crippen LogP contribution in [0.1, 0.15) is 46.0 Å². The van der Waals surface area contributed by atoms with E-state index in [1.807, 2.05) is 91.9 Å². The zero-order valence-electron chi connectivity index (χ0n) is 27.3. The number of rotatable bonds is 7. The van der Waals surface area contributed by atoms with Crippen molar-refractivity contribution in [2.24, 2.45) is 0 Å². The quantitative estimate of drug-likeness (QED) is 0.132. The summed E-state index contributed by atoms with van der Waals surface area (Å²) in [6.07, 6.45) is 5.88. The SMILES string of the molecule is C=C/C=C(\C=C(/C)c1nc(-c2ccccc2)nc(-c2cccc3oc4ccc(B5OC(C)(C)C(C)(C)O5)cc4c23)n1)c1ccccc1. The second-order valence-corrected chi connectivity index (χ2v) is 12.8. The Morgan fingerprint density at radius 2 is 1.43 bits per heavy atom. The molecule has 0 radical (unpaired) electrons. The summed E-state index contributed by atoms with van der Waals surface area (Å²) in [5, 5.41) is 1.87. The predicted molar refractivity (Wildman–Crippen MR) is 192 cm³/mol. The molecule has 1 fully saturated rings. The molecule has 0 aliphatic carbocycles. The minimum absolute atomic E-state index is 0.446. The van der Waals surface area contributed by atoms with Gasteiger partial charge in [0.1, 0.15) is 11.2 Å². The normalized spacial score (nSPS) is 16.2. The number of benzene rings is 4. The third kappa shape index (κ3) is 5.73. The molecule has 1 aliphatic heterocycles. The summed E-state index contributed by atoms with van der Waals surface area (Å²) >= 11 is 0. The van der Waals surface area contributed by atoms with Crippen molar-refractivity contribution >= 4 is 45.7 Å². The van der Waals surface area contributed by atoms with E-state index in [1.165, 1.54) is 0 Å². The topological polar surface area (TPSA) is 70.3 Å². The lowest BCUT2D eigenvalue weighted by atomic mass is 9.78. The van der Waals surface area contributed by atoms with E-state index in [0.29, 0.717) is 17.5 Å². The first kappa shape index (κ1) is 30.5. The van der Waals surface area contributed by atoms with E-state index in [0.717, 1.165) is 55.2 Å². The summed E-state index contributed by atoms with van der Waals surface area (Å²) in [5.74, 6) is 1.74. The molecule has 6 aromatic rings. The fourth-order valence-corrected chi connectivity index (χ4v) is 5.83. The Bertz CT molecular complexity index is 2170. The standard InChI is InChI=1S/C40H36BN3O3/c1-7-15-29(27-16-10-8-11-17-27)24-26(2)36-42-37(28-18-12-9-13-19-28)44-38(43-36)31-20-14-21-34-35(31)32-25-30(22-23-33(32)45-34)41-46-39(3,4)40(5,6)47-41/h7-25H,1H2,2-6H3/b26-24+,29-15+. The second-order valence-electron chi connectivity index (χ2n) is 12.8. The van der Waals surface area contributed by atoms with Crippen LogP contribution in [-0.4, -0.2) is 33.3 Å². The zero-order chi connectivity index (χ0) is 32.8. The van der Waals surface area contributed by atoms with E-state index in [2.05, 4.69) is 58.5 Å². The Morgan fingerprint density at radius 1 is 0.745 bits per heavy atom. The van der Waals surface area contributed by atoms with Crippen molar-refractivity contribution in [3.05, 3.63) is 133 Å². The van der Waals surface area contributed by atoms with E-state index in [-0.39, 0.29) is 0 Å². The highest BCUT2D eigenvalue weighted by Crippen LogP contribution is 2.39. The minimum atomic E-state index is -0.495. The van der Waals surface area contributed by atoms with Gasteiger partial charge in [-0.1, -0.05) is 104 Å². The highest BCUT2D eigenvalue weighted by molar-refractivity contribution is 6.62. The average Bonchev–Trinajstić information content (AvgIpc) is 3.56. The van der Waals surface area contributed by atoms with Crippen LogP contribution in [0, 0.1) is 0 Å². The van der Waals surface area contributed by atoms with E-state index in [9.17, 15) is 0 Å². The highest BCUT2D eigenvalue weighted by atomic mass is 16.7. The van der Waals surface area contributed by atoms with Crippen molar-refractivity contribution in [3.63, 3.8) is 0 Å². The third-order valence-corrected chi connectivity index (χ3v) is 9.08. The van der Waals surface area contributed by atoms with Gasteiger partial charge in [-0.2, -0.15) is 0 Å². The van der Waals surface area contributed by atoms with Crippen molar-refractivity contribution in [3.8, 4) is 22.8 Å². The first-order valence-corrected chi connectivity index (χ1v) is 15.8. The van der Waals surface area contributed by atoms with Crippen molar-refractivity contribution in [1.29, 1.82) is 0 Å². The molecule has 0 atom stereocenters. The van der Waals surface area contributed by atoms with Gasteiger partial charge in [-0.05, 0) is 75.0 Å². The van der Waals surface area contributed by atoms with Gasteiger partial charge in [0.05, 0.1) is 11.2 Å². The van der Waals surface area contributed by atoms with E-state index < -0.39 is 18.3 Å². The van der Waals surface area contributed by atoms with Crippen molar-refractivity contribution < 1.29 is 13.7 Å². The Balaban J connectivity index is 1.40. The van der Waals surface area contributed by atoms with E-state index in [1.54, 1.807) is 6.08 Å². The van der Waals surface area contributed by atoms with Gasteiger partial charge in [-0.3, -0.25) is 0 Å². The molecule has 7 rings (SSSR count). The van der Waals surface area contributed by atoms with Gasteiger partial charge in [0.2, 0.25) is 0 Å². The molecule has 0 amide bonds. The Hall–Kier alpha value is -5.11. The summed E-state index contributed by atoms with van der Waals surface area (Å²) < 4.78 is 19.1. The monoisotopic (exact) mass is 617 g/mol. The summed E-state index contributed by atoms with van der Waals surface area (Å²) in [4.78, 5) is 15.1. The lowest BCUT2D eigenvalue weighted by Crippen LogP contribution is -2.41. The van der Waals surface area contributed by atoms with E-state index >= 15 is 0 Å². The molecular formula is C40H36BN3O3. The van der Waals surface area contributed by atoms with Gasteiger partial charge in [0.25, 0.3) is 0 Å². The van der Waals surface area contributed by atoms with Crippen LogP contribution in [0.5, 0.6) is 0 Å². The number of nitrogens with zero attached hydrogens (tertiary/aromatic N) is 3. The number of furan rings is 1. The first-order chi connectivity index (χ1) is 22.6. The molecule has 1 saturated heterocycles. The molecule has 232 valence electrons. The molecule has 4 aromatic carbocycles. The molecule has 0 spiro atoms. The van der Waals surface area contributed by atoms with Gasteiger partial charge in [-0.15, -0.1) is 0 Å². The lowest BCUT2D eigenvalue weighted by Gasteiger charge is -2.32. The molecule has 0 bridgehead atoms. The van der Waals surface area contributed by atoms with Gasteiger partial charge < -0.3 is 13.7 Å². The Morgan fingerprint density at radius 3 is 2.13 bits per heavy atom. The number of allylic oxidation sites excluding steroid dienone is 5. The van der Waals surface area contributed by atoms with Crippen LogP contribution < -0.4 is 5.46 Å². The molecule has 0 saturated carbocycles. The maximum absolute atomic E-state index is 6.39. The maximum Gasteiger partial charge on any atom is 0.494 e. The molecule has 0 unspecified atom stereocenters. The number of fused-ring (bicyclic) bond motifs is 3. The molecule has 3 heterocycles. The Labute approximate surface area is 275 Å². The molecular weight excluding hydrogens is 581 g/mol. The van der Waals surface area contributed by atoms with Crippen LogP contribution in [0.4, 0.5) is 0 Å². The number of aromatic nitrogens is 3. The Kier molecular flexibility index (Phi) is 7.75. The van der Waals surface area contributed by atoms with Gasteiger partial charge >= 0.3 is 7.12 Å². The summed E-state index contributed by atoms with van der Waals surface area (Å²) in [6.45, 7) is 14.2. The molecule has 6 nitrogen and oxygen atoms in total. The average molecular weight is 618 g/mol. The van der Waals surface area contributed by atoms with Crippen LogP contribution in [0.25, 0.3) is 55.9 Å². The second kappa shape index (κ2) is 11.9. The smallest absolute Gasteiger partial charge is 0.456 e.